The van der Waals surface area contributed by atoms with E-state index in [-0.39, 0.29) is 0 Å². The van der Waals surface area contributed by atoms with E-state index in [1.807, 2.05) is 0 Å². The van der Waals surface area contributed by atoms with Gasteiger partial charge in [0.2, 0.25) is 0 Å². The molecule has 0 spiro atoms. The summed E-state index contributed by atoms with van der Waals surface area (Å²) in [5.74, 6) is 0.660. The van der Waals surface area contributed by atoms with Crippen molar-refractivity contribution in [3.8, 4) is 0 Å². The summed E-state index contributed by atoms with van der Waals surface area (Å²) in [5, 5.41) is 0. The van der Waals surface area contributed by atoms with E-state index in [4.69, 9.17) is 5.73 Å². The van der Waals surface area contributed by atoms with Crippen LogP contribution in [0.25, 0.3) is 0 Å². The normalized spacial score (nSPS) is 15.3. The second-order valence-corrected chi connectivity index (χ2v) is 5.25. The van der Waals surface area contributed by atoms with Crippen LogP contribution in [0.2, 0.25) is 0 Å². The first-order chi connectivity index (χ1) is 9.28. The lowest BCUT2D eigenvalue weighted by Crippen LogP contribution is -2.45. The lowest BCUT2D eigenvalue weighted by molar-refractivity contribution is 0.525. The van der Waals surface area contributed by atoms with Crippen molar-refractivity contribution in [3.05, 3.63) is 59.7 Å². The average Bonchev–Trinajstić information content (AvgIpc) is 2.38. The van der Waals surface area contributed by atoms with Crippen molar-refractivity contribution in [1.29, 1.82) is 0 Å². The molecule has 2 aromatic rings. The number of benzene rings is 2. The molecule has 2 aromatic carbocycles. The Morgan fingerprint density at radius 1 is 1.11 bits per heavy atom. The zero-order valence-electron chi connectivity index (χ0n) is 11.3. The van der Waals surface area contributed by atoms with Gasteiger partial charge in [-0.05, 0) is 29.7 Å². The van der Waals surface area contributed by atoms with Crippen LogP contribution in [0.1, 0.15) is 24.0 Å². The summed E-state index contributed by atoms with van der Waals surface area (Å²) in [4.78, 5) is 2.40. The van der Waals surface area contributed by atoms with E-state index in [2.05, 4.69) is 60.4 Å². The highest BCUT2D eigenvalue weighted by Gasteiger charge is 2.28. The third kappa shape index (κ3) is 2.30. The quantitative estimate of drug-likeness (QED) is 0.848. The number of hydrogen-bond donors (Lipinski definition) is 1. The number of anilines is 2. The van der Waals surface area contributed by atoms with Crippen molar-refractivity contribution in [2.75, 3.05) is 23.7 Å². The summed E-state index contributed by atoms with van der Waals surface area (Å²) in [5.41, 5.74) is 10.9. The molecule has 0 bridgehead atoms. The molecule has 0 amide bonds. The minimum absolute atomic E-state index is 0.660. The molecule has 2 N–H and O–H groups in total. The molecule has 0 unspecified atom stereocenters. The van der Waals surface area contributed by atoms with Crippen molar-refractivity contribution in [2.24, 2.45) is 0 Å². The third-order valence-electron chi connectivity index (χ3n) is 4.03. The highest BCUT2D eigenvalue weighted by molar-refractivity contribution is 5.61. The molecular formula is C17H20N2. The van der Waals surface area contributed by atoms with E-state index in [0.717, 1.165) is 25.2 Å². The van der Waals surface area contributed by atoms with Gasteiger partial charge in [0.15, 0.2) is 0 Å². The van der Waals surface area contributed by atoms with Crippen molar-refractivity contribution in [3.63, 3.8) is 0 Å². The van der Waals surface area contributed by atoms with Gasteiger partial charge in [-0.1, -0.05) is 43.3 Å². The monoisotopic (exact) mass is 252 g/mol. The topological polar surface area (TPSA) is 29.3 Å². The maximum atomic E-state index is 6.07. The maximum Gasteiger partial charge on any atom is 0.0387 e. The van der Waals surface area contributed by atoms with Crippen molar-refractivity contribution in [1.82, 2.24) is 0 Å². The molecule has 19 heavy (non-hydrogen) atoms. The number of nitrogen functional groups attached to an aromatic ring is 1. The molecule has 1 saturated heterocycles. The summed E-state index contributed by atoms with van der Waals surface area (Å²) in [7, 11) is 0. The van der Waals surface area contributed by atoms with Crippen molar-refractivity contribution < 1.29 is 0 Å². The molecule has 2 nitrogen and oxygen atoms in total. The predicted octanol–water partition coefficient (Wildman–Crippen LogP) is 3.44. The number of rotatable bonds is 3. The Balaban J connectivity index is 1.69. The zero-order valence-corrected chi connectivity index (χ0v) is 11.3. The lowest BCUT2D eigenvalue weighted by atomic mass is 9.91. The number of hydrogen-bond acceptors (Lipinski definition) is 2. The fourth-order valence-corrected chi connectivity index (χ4v) is 2.73. The molecular weight excluding hydrogens is 232 g/mol. The first-order valence-electron chi connectivity index (χ1n) is 6.96. The standard InChI is InChI=1S/C17H20N2/c1-2-13-8-9-16(10-17(13)18)19-11-15(12-19)14-6-4-3-5-7-14/h3-10,15H,2,11-12,18H2,1H3. The zero-order chi connectivity index (χ0) is 13.2. The van der Waals surface area contributed by atoms with Gasteiger partial charge in [0.05, 0.1) is 0 Å². The Morgan fingerprint density at radius 3 is 2.47 bits per heavy atom. The van der Waals surface area contributed by atoms with Gasteiger partial charge in [0, 0.05) is 30.4 Å². The molecule has 0 saturated carbocycles. The van der Waals surface area contributed by atoms with Crippen LogP contribution in [0.15, 0.2) is 48.5 Å². The Bertz CT molecular complexity index is 557. The van der Waals surface area contributed by atoms with Crippen LogP contribution in [-0.4, -0.2) is 13.1 Å². The highest BCUT2D eigenvalue weighted by atomic mass is 15.2. The Hall–Kier alpha value is -1.96. The second kappa shape index (κ2) is 4.96. The molecule has 0 aliphatic carbocycles. The van der Waals surface area contributed by atoms with Crippen LogP contribution >= 0.6 is 0 Å². The van der Waals surface area contributed by atoms with Gasteiger partial charge in [0.25, 0.3) is 0 Å². The molecule has 0 radical (unpaired) electrons. The molecule has 98 valence electrons. The van der Waals surface area contributed by atoms with Crippen molar-refractivity contribution >= 4 is 11.4 Å². The van der Waals surface area contributed by atoms with Crippen molar-refractivity contribution in [2.45, 2.75) is 19.3 Å². The van der Waals surface area contributed by atoms with E-state index in [1.54, 1.807) is 0 Å². The SMILES string of the molecule is CCc1ccc(N2CC(c3ccccc3)C2)cc1N. The van der Waals surface area contributed by atoms with Crippen LogP contribution in [-0.2, 0) is 6.42 Å². The largest absolute Gasteiger partial charge is 0.398 e. The Labute approximate surface area is 114 Å². The summed E-state index contributed by atoms with van der Waals surface area (Å²) >= 11 is 0. The minimum Gasteiger partial charge on any atom is -0.398 e. The van der Waals surface area contributed by atoms with Crippen LogP contribution in [0, 0.1) is 0 Å². The van der Waals surface area contributed by atoms with Gasteiger partial charge in [-0.15, -0.1) is 0 Å². The van der Waals surface area contributed by atoms with E-state index in [9.17, 15) is 0 Å². The molecule has 1 aliphatic heterocycles. The van der Waals surface area contributed by atoms with Crippen LogP contribution in [0.4, 0.5) is 11.4 Å². The van der Waals surface area contributed by atoms with Gasteiger partial charge < -0.3 is 10.6 Å². The lowest BCUT2D eigenvalue weighted by Gasteiger charge is -2.41. The summed E-state index contributed by atoms with van der Waals surface area (Å²) in [6.45, 7) is 4.32. The molecule has 0 aromatic heterocycles. The molecule has 3 rings (SSSR count). The minimum atomic E-state index is 0.660. The average molecular weight is 252 g/mol. The fraction of sp³-hybridized carbons (Fsp3) is 0.294. The van der Waals surface area contributed by atoms with E-state index >= 15 is 0 Å². The summed E-state index contributed by atoms with van der Waals surface area (Å²) < 4.78 is 0. The van der Waals surface area contributed by atoms with Crippen LogP contribution in [0.5, 0.6) is 0 Å². The van der Waals surface area contributed by atoms with E-state index < -0.39 is 0 Å². The molecule has 2 heteroatoms. The smallest absolute Gasteiger partial charge is 0.0387 e. The first-order valence-corrected chi connectivity index (χ1v) is 6.96. The van der Waals surface area contributed by atoms with Crippen LogP contribution in [0.3, 0.4) is 0 Å². The Morgan fingerprint density at radius 2 is 1.84 bits per heavy atom. The predicted molar refractivity (Wildman–Crippen MR) is 81.6 cm³/mol. The third-order valence-corrected chi connectivity index (χ3v) is 4.03. The van der Waals surface area contributed by atoms with Gasteiger partial charge >= 0.3 is 0 Å². The Kier molecular flexibility index (Phi) is 3.16. The maximum absolute atomic E-state index is 6.07. The molecule has 1 fully saturated rings. The van der Waals surface area contributed by atoms with Gasteiger partial charge in [-0.3, -0.25) is 0 Å². The van der Waals surface area contributed by atoms with Gasteiger partial charge in [0.1, 0.15) is 0 Å². The highest BCUT2D eigenvalue weighted by Crippen LogP contribution is 2.32. The van der Waals surface area contributed by atoms with Crippen LogP contribution < -0.4 is 10.6 Å². The first kappa shape index (κ1) is 12.1. The number of nitrogens with two attached hydrogens (primary N) is 1. The number of nitrogens with zero attached hydrogens (tertiary/aromatic N) is 1. The van der Waals surface area contributed by atoms with E-state index in [0.29, 0.717) is 5.92 Å². The summed E-state index contributed by atoms with van der Waals surface area (Å²) in [6, 6.07) is 17.2. The fourth-order valence-electron chi connectivity index (χ4n) is 2.73. The second-order valence-electron chi connectivity index (χ2n) is 5.25. The van der Waals surface area contributed by atoms with E-state index in [1.165, 1.54) is 16.8 Å². The summed E-state index contributed by atoms with van der Waals surface area (Å²) in [6.07, 6.45) is 0.999. The van der Waals surface area contributed by atoms with Gasteiger partial charge in [-0.2, -0.15) is 0 Å². The number of aryl methyl sites for hydroxylation is 1. The van der Waals surface area contributed by atoms with Gasteiger partial charge in [-0.25, -0.2) is 0 Å². The molecule has 1 aliphatic rings. The molecule has 1 heterocycles. The molecule has 0 atom stereocenters.